The lowest BCUT2D eigenvalue weighted by Crippen LogP contribution is -2.37. The van der Waals surface area contributed by atoms with E-state index >= 15 is 0 Å². The summed E-state index contributed by atoms with van der Waals surface area (Å²) in [6.45, 7) is 2.63. The van der Waals surface area contributed by atoms with Crippen molar-refractivity contribution in [3.63, 3.8) is 0 Å². The van der Waals surface area contributed by atoms with Crippen molar-refractivity contribution in [3.05, 3.63) is 30.5 Å². The lowest BCUT2D eigenvalue weighted by Gasteiger charge is -2.27. The molecule has 10 nitrogen and oxygen atoms in total. The maximum absolute atomic E-state index is 11.9. The van der Waals surface area contributed by atoms with Gasteiger partial charge in [0.2, 0.25) is 5.95 Å². The van der Waals surface area contributed by atoms with E-state index < -0.39 is 5.91 Å². The minimum atomic E-state index is -0.636. The van der Waals surface area contributed by atoms with Crippen LogP contribution >= 0.6 is 0 Å². The third-order valence-electron chi connectivity index (χ3n) is 4.01. The highest BCUT2D eigenvalue weighted by Crippen LogP contribution is 2.28. The zero-order chi connectivity index (χ0) is 17.4. The molecule has 1 aliphatic rings. The van der Waals surface area contributed by atoms with Crippen LogP contribution in [0.4, 0.5) is 11.8 Å². The fourth-order valence-corrected chi connectivity index (χ4v) is 2.87. The average molecular weight is 340 g/mol. The van der Waals surface area contributed by atoms with E-state index in [4.69, 9.17) is 16.2 Å². The smallest absolute Gasteiger partial charge is 0.269 e. The monoisotopic (exact) mass is 340 g/mol. The first kappa shape index (κ1) is 15.3. The van der Waals surface area contributed by atoms with E-state index in [0.717, 1.165) is 0 Å². The van der Waals surface area contributed by atoms with Crippen LogP contribution in [0.3, 0.4) is 0 Å². The van der Waals surface area contributed by atoms with E-state index in [-0.39, 0.29) is 11.6 Å². The van der Waals surface area contributed by atoms with Crippen LogP contribution in [0.25, 0.3) is 16.9 Å². The second-order valence-corrected chi connectivity index (χ2v) is 5.55. The van der Waals surface area contributed by atoms with E-state index in [1.165, 1.54) is 12.4 Å². The number of hydrogen-bond acceptors (Lipinski definition) is 8. The van der Waals surface area contributed by atoms with Gasteiger partial charge in [0.25, 0.3) is 5.91 Å². The van der Waals surface area contributed by atoms with Crippen molar-refractivity contribution in [1.82, 2.24) is 24.3 Å². The molecule has 0 unspecified atom stereocenters. The van der Waals surface area contributed by atoms with Gasteiger partial charge in [0, 0.05) is 43.4 Å². The van der Waals surface area contributed by atoms with Crippen molar-refractivity contribution in [2.75, 3.05) is 36.9 Å². The number of nitrogens with two attached hydrogens (primary N) is 2. The number of nitrogens with zero attached hydrogens (tertiary/aromatic N) is 6. The number of carbonyl (C=O) groups excluding carboxylic acids is 1. The van der Waals surface area contributed by atoms with Crippen LogP contribution in [0.1, 0.15) is 10.5 Å². The maximum atomic E-state index is 11.9. The van der Waals surface area contributed by atoms with Gasteiger partial charge in [-0.3, -0.25) is 9.20 Å². The molecule has 0 aromatic carbocycles. The molecule has 25 heavy (non-hydrogen) atoms. The highest BCUT2D eigenvalue weighted by atomic mass is 16.5. The van der Waals surface area contributed by atoms with Crippen LogP contribution in [0.15, 0.2) is 24.8 Å². The Morgan fingerprint density at radius 3 is 2.56 bits per heavy atom. The molecular formula is C15H16N8O2. The number of ether oxygens (including phenoxy) is 1. The molecule has 1 saturated heterocycles. The van der Waals surface area contributed by atoms with Gasteiger partial charge in [-0.1, -0.05) is 0 Å². The zero-order valence-electron chi connectivity index (χ0n) is 13.3. The molecule has 4 N–H and O–H groups in total. The van der Waals surface area contributed by atoms with Crippen molar-refractivity contribution in [2.45, 2.75) is 0 Å². The number of rotatable bonds is 3. The fraction of sp³-hybridized carbons (Fsp3) is 0.267. The van der Waals surface area contributed by atoms with Crippen molar-refractivity contribution in [3.8, 4) is 11.3 Å². The minimum absolute atomic E-state index is 0.135. The van der Waals surface area contributed by atoms with Crippen LogP contribution in [-0.4, -0.2) is 56.5 Å². The summed E-state index contributed by atoms with van der Waals surface area (Å²) in [7, 11) is 0. The molecule has 128 valence electrons. The first-order chi connectivity index (χ1) is 12.1. The van der Waals surface area contributed by atoms with E-state index in [2.05, 4.69) is 24.8 Å². The van der Waals surface area contributed by atoms with Crippen molar-refractivity contribution < 1.29 is 9.53 Å². The molecule has 1 amide bonds. The Bertz CT molecular complexity index is 931. The number of hydrogen-bond donors (Lipinski definition) is 2. The molecule has 10 heteroatoms. The molecule has 3 aromatic rings. The predicted octanol–water partition coefficient (Wildman–Crippen LogP) is -0.296. The Hall–Kier alpha value is -3.27. The molecule has 3 aromatic heterocycles. The molecule has 0 bridgehead atoms. The zero-order valence-corrected chi connectivity index (χ0v) is 13.3. The van der Waals surface area contributed by atoms with Crippen molar-refractivity contribution >= 4 is 23.3 Å². The summed E-state index contributed by atoms with van der Waals surface area (Å²) in [5.41, 5.74) is 12.9. The largest absolute Gasteiger partial charge is 0.378 e. The molecule has 0 aliphatic carbocycles. The summed E-state index contributed by atoms with van der Waals surface area (Å²) < 4.78 is 7.15. The van der Waals surface area contributed by atoms with E-state index in [1.54, 1.807) is 16.8 Å². The first-order valence-electron chi connectivity index (χ1n) is 7.72. The highest BCUT2D eigenvalue weighted by molar-refractivity contribution is 5.99. The van der Waals surface area contributed by atoms with Gasteiger partial charge in [-0.25, -0.2) is 19.9 Å². The predicted molar refractivity (Wildman–Crippen MR) is 90.0 cm³/mol. The van der Waals surface area contributed by atoms with Crippen molar-refractivity contribution in [2.24, 2.45) is 5.73 Å². The summed E-state index contributed by atoms with van der Waals surface area (Å²) in [5, 5.41) is 0. The Labute approximate surface area is 142 Å². The number of primary amides is 1. The topological polar surface area (TPSA) is 138 Å². The molecule has 1 fully saturated rings. The standard InChI is InChI=1S/C15H16N8O2/c16-12(24)10-11(9-7-19-15(17)20-8-9)23-2-1-18-13(14(23)21-10)22-3-5-25-6-4-22/h1-2,7-8H,3-6H2,(H2,16,24)(H2,17,19,20). The normalized spacial score (nSPS) is 14.8. The second kappa shape index (κ2) is 5.98. The lowest BCUT2D eigenvalue weighted by atomic mass is 10.2. The third-order valence-corrected chi connectivity index (χ3v) is 4.01. The molecule has 4 rings (SSSR count). The lowest BCUT2D eigenvalue weighted by molar-refractivity contribution is 0.0997. The van der Waals surface area contributed by atoms with E-state index in [0.29, 0.717) is 49.0 Å². The number of carbonyl (C=O) groups is 1. The van der Waals surface area contributed by atoms with Gasteiger partial charge >= 0.3 is 0 Å². The van der Waals surface area contributed by atoms with Crippen LogP contribution < -0.4 is 16.4 Å². The van der Waals surface area contributed by atoms with Crippen LogP contribution in [0.2, 0.25) is 0 Å². The van der Waals surface area contributed by atoms with Gasteiger partial charge < -0.3 is 21.1 Å². The number of amides is 1. The Morgan fingerprint density at radius 1 is 1.16 bits per heavy atom. The van der Waals surface area contributed by atoms with Crippen LogP contribution in [0.5, 0.6) is 0 Å². The van der Waals surface area contributed by atoms with E-state index in [9.17, 15) is 4.79 Å². The second-order valence-electron chi connectivity index (χ2n) is 5.55. The SMILES string of the molecule is NC(=O)c1nc2c(N3CCOCC3)nccn2c1-c1cnc(N)nc1. The number of nitrogen functional groups attached to an aromatic ring is 1. The number of aromatic nitrogens is 5. The maximum Gasteiger partial charge on any atom is 0.269 e. The summed E-state index contributed by atoms with van der Waals surface area (Å²) in [6.07, 6.45) is 6.45. The quantitative estimate of drug-likeness (QED) is 0.663. The molecule has 1 aliphatic heterocycles. The van der Waals surface area contributed by atoms with Gasteiger partial charge in [0.15, 0.2) is 17.2 Å². The summed E-state index contributed by atoms with van der Waals surface area (Å²) in [4.78, 5) is 30.9. The Kier molecular flexibility index (Phi) is 3.65. The van der Waals surface area contributed by atoms with Crippen molar-refractivity contribution in [1.29, 1.82) is 0 Å². The average Bonchev–Trinajstić information content (AvgIpc) is 3.03. The molecule has 0 spiro atoms. The third kappa shape index (κ3) is 2.62. The van der Waals surface area contributed by atoms with Gasteiger partial charge in [-0.15, -0.1) is 0 Å². The minimum Gasteiger partial charge on any atom is -0.378 e. The number of fused-ring (bicyclic) bond motifs is 1. The van der Waals surface area contributed by atoms with Crippen LogP contribution in [0, 0.1) is 0 Å². The first-order valence-corrected chi connectivity index (χ1v) is 7.72. The number of anilines is 2. The summed E-state index contributed by atoms with van der Waals surface area (Å²) in [6, 6.07) is 0. The molecular weight excluding hydrogens is 324 g/mol. The number of imidazole rings is 1. The van der Waals surface area contributed by atoms with Crippen LogP contribution in [-0.2, 0) is 4.74 Å². The fourth-order valence-electron chi connectivity index (χ4n) is 2.87. The van der Waals surface area contributed by atoms with Gasteiger partial charge in [-0.2, -0.15) is 0 Å². The summed E-state index contributed by atoms with van der Waals surface area (Å²) in [5.74, 6) is 0.188. The number of morpholine rings is 1. The summed E-state index contributed by atoms with van der Waals surface area (Å²) >= 11 is 0. The Balaban J connectivity index is 1.93. The van der Waals surface area contributed by atoms with E-state index in [1.807, 2.05) is 0 Å². The molecule has 0 atom stereocenters. The van der Waals surface area contributed by atoms with Gasteiger partial charge in [-0.05, 0) is 0 Å². The Morgan fingerprint density at radius 2 is 1.88 bits per heavy atom. The van der Waals surface area contributed by atoms with Gasteiger partial charge in [0.1, 0.15) is 0 Å². The molecule has 4 heterocycles. The van der Waals surface area contributed by atoms with Gasteiger partial charge in [0.05, 0.1) is 18.9 Å². The molecule has 0 saturated carbocycles. The molecule has 0 radical (unpaired) electrons. The highest BCUT2D eigenvalue weighted by Gasteiger charge is 2.23.